The number of hydrogen-bond donors (Lipinski definition) is 1. The van der Waals surface area contributed by atoms with Crippen LogP contribution in [-0.2, 0) is 6.54 Å². The number of fused-ring (bicyclic) bond motifs is 1. The molecule has 1 aromatic heterocycles. The van der Waals surface area contributed by atoms with Gasteiger partial charge in [0, 0.05) is 11.6 Å². The highest BCUT2D eigenvalue weighted by Crippen LogP contribution is 2.39. The van der Waals surface area contributed by atoms with Crippen LogP contribution in [0.25, 0.3) is 11.0 Å². The molecule has 1 aromatic carbocycles. The van der Waals surface area contributed by atoms with Gasteiger partial charge < -0.3 is 9.88 Å². The largest absolute Gasteiger partial charge is 0.324 e. The number of aromatic nitrogens is 2. The number of nitrogens with zero attached hydrogens (tertiary/aromatic N) is 2. The van der Waals surface area contributed by atoms with Crippen molar-refractivity contribution in [2.75, 3.05) is 0 Å². The van der Waals surface area contributed by atoms with Crippen molar-refractivity contribution in [3.05, 3.63) is 29.8 Å². The average Bonchev–Trinajstić information content (AvgIpc) is 3.07. The lowest BCUT2D eigenvalue weighted by Gasteiger charge is -2.20. The van der Waals surface area contributed by atoms with E-state index in [0.29, 0.717) is 18.1 Å². The maximum atomic E-state index is 13.8. The van der Waals surface area contributed by atoms with E-state index in [0.717, 1.165) is 11.3 Å². The van der Waals surface area contributed by atoms with Crippen LogP contribution in [0.3, 0.4) is 0 Å². The molecular weight excluding hydrogens is 241 g/mol. The van der Waals surface area contributed by atoms with Crippen LogP contribution in [0, 0.1) is 5.82 Å². The van der Waals surface area contributed by atoms with Gasteiger partial charge in [-0.2, -0.15) is 0 Å². The predicted octanol–water partition coefficient (Wildman–Crippen LogP) is 3.40. The van der Waals surface area contributed by atoms with Gasteiger partial charge in [0.25, 0.3) is 0 Å². The van der Waals surface area contributed by atoms with Crippen molar-refractivity contribution in [2.45, 2.75) is 51.7 Å². The van der Waals surface area contributed by atoms with E-state index in [4.69, 9.17) is 0 Å². The molecule has 4 heteroatoms. The van der Waals surface area contributed by atoms with Crippen LogP contribution < -0.4 is 5.32 Å². The van der Waals surface area contributed by atoms with Crippen molar-refractivity contribution in [2.24, 2.45) is 0 Å². The van der Waals surface area contributed by atoms with Gasteiger partial charge in [0.15, 0.2) is 5.82 Å². The number of imidazole rings is 1. The monoisotopic (exact) mass is 261 g/mol. The molecule has 2 aromatic rings. The first-order chi connectivity index (χ1) is 8.96. The second kappa shape index (κ2) is 4.30. The maximum absolute atomic E-state index is 13.8. The van der Waals surface area contributed by atoms with Crippen LogP contribution >= 0.6 is 0 Å². The number of benzene rings is 1. The van der Waals surface area contributed by atoms with E-state index in [2.05, 4.69) is 35.6 Å². The molecule has 102 valence electrons. The average molecular weight is 261 g/mol. The fourth-order valence-corrected chi connectivity index (χ4v) is 2.34. The van der Waals surface area contributed by atoms with Crippen LogP contribution in [0.2, 0.25) is 0 Å². The Balaban J connectivity index is 2.03. The summed E-state index contributed by atoms with van der Waals surface area (Å²) in [5.74, 6) is 0.714. The Morgan fingerprint density at radius 2 is 2.11 bits per heavy atom. The normalized spacial score (nSPS) is 16.2. The van der Waals surface area contributed by atoms with Gasteiger partial charge in [0.2, 0.25) is 0 Å². The second-order valence-corrected chi connectivity index (χ2v) is 6.34. The first-order valence-corrected chi connectivity index (χ1v) is 6.86. The zero-order valence-electron chi connectivity index (χ0n) is 11.7. The van der Waals surface area contributed by atoms with E-state index < -0.39 is 0 Å². The number of rotatable bonds is 3. The molecule has 1 saturated carbocycles. The minimum Gasteiger partial charge on any atom is -0.324 e. The summed E-state index contributed by atoms with van der Waals surface area (Å²) in [6.45, 7) is 7.04. The van der Waals surface area contributed by atoms with Gasteiger partial charge in [-0.1, -0.05) is 6.07 Å². The van der Waals surface area contributed by atoms with Crippen molar-refractivity contribution in [1.29, 1.82) is 0 Å². The molecule has 0 bridgehead atoms. The van der Waals surface area contributed by atoms with Gasteiger partial charge in [-0.15, -0.1) is 0 Å². The Hall–Kier alpha value is -1.42. The summed E-state index contributed by atoms with van der Waals surface area (Å²) in [5.41, 5.74) is 1.46. The summed E-state index contributed by atoms with van der Waals surface area (Å²) in [6.07, 6.45) is 2.34. The predicted molar refractivity (Wildman–Crippen MR) is 74.6 cm³/mol. The molecule has 0 radical (unpaired) electrons. The third kappa shape index (κ3) is 2.50. The highest BCUT2D eigenvalue weighted by atomic mass is 19.1. The lowest BCUT2D eigenvalue weighted by molar-refractivity contribution is 0.412. The molecule has 3 nitrogen and oxygen atoms in total. The van der Waals surface area contributed by atoms with Crippen LogP contribution in [0.1, 0.15) is 45.5 Å². The third-order valence-corrected chi connectivity index (χ3v) is 3.43. The highest BCUT2D eigenvalue weighted by Gasteiger charge is 2.29. The van der Waals surface area contributed by atoms with E-state index in [-0.39, 0.29) is 11.4 Å². The van der Waals surface area contributed by atoms with Crippen molar-refractivity contribution in [3.63, 3.8) is 0 Å². The highest BCUT2D eigenvalue weighted by molar-refractivity contribution is 5.77. The molecule has 1 aliphatic carbocycles. The second-order valence-electron chi connectivity index (χ2n) is 6.34. The fourth-order valence-electron chi connectivity index (χ4n) is 2.34. The van der Waals surface area contributed by atoms with Crippen molar-refractivity contribution >= 4 is 11.0 Å². The standard InChI is InChI=1S/C15H20FN3/c1-15(2,3)17-9-13-18-14-11(16)5-4-6-12(14)19(13)10-7-8-10/h4-6,10,17H,7-9H2,1-3H3. The van der Waals surface area contributed by atoms with Crippen molar-refractivity contribution in [3.8, 4) is 0 Å². The van der Waals surface area contributed by atoms with E-state index in [1.165, 1.54) is 18.9 Å². The van der Waals surface area contributed by atoms with Gasteiger partial charge in [0.05, 0.1) is 12.1 Å². The van der Waals surface area contributed by atoms with E-state index in [9.17, 15) is 4.39 Å². The molecule has 1 fully saturated rings. The zero-order valence-corrected chi connectivity index (χ0v) is 11.7. The number of halogens is 1. The van der Waals surface area contributed by atoms with Crippen LogP contribution in [-0.4, -0.2) is 15.1 Å². The summed E-state index contributed by atoms with van der Waals surface area (Å²) >= 11 is 0. The number of nitrogens with one attached hydrogen (secondary N) is 1. The lowest BCUT2D eigenvalue weighted by Crippen LogP contribution is -2.35. The van der Waals surface area contributed by atoms with Crippen LogP contribution in [0.4, 0.5) is 4.39 Å². The summed E-state index contributed by atoms with van der Waals surface area (Å²) < 4.78 is 16.0. The minimum atomic E-state index is -0.228. The Morgan fingerprint density at radius 3 is 2.74 bits per heavy atom. The zero-order chi connectivity index (χ0) is 13.6. The van der Waals surface area contributed by atoms with E-state index >= 15 is 0 Å². The summed E-state index contributed by atoms with van der Waals surface area (Å²) in [5, 5.41) is 3.44. The van der Waals surface area contributed by atoms with Gasteiger partial charge >= 0.3 is 0 Å². The number of para-hydroxylation sites is 1. The Bertz CT molecular complexity index is 606. The molecule has 3 rings (SSSR count). The molecule has 1 aliphatic rings. The Kier molecular flexibility index (Phi) is 2.86. The molecule has 0 amide bonds. The minimum absolute atomic E-state index is 0.0328. The van der Waals surface area contributed by atoms with Gasteiger partial charge in [-0.25, -0.2) is 9.37 Å². The molecule has 0 spiro atoms. The maximum Gasteiger partial charge on any atom is 0.151 e. The van der Waals surface area contributed by atoms with Gasteiger partial charge in [-0.3, -0.25) is 0 Å². The first kappa shape index (κ1) is 12.6. The first-order valence-electron chi connectivity index (χ1n) is 6.86. The van der Waals surface area contributed by atoms with Crippen LogP contribution in [0.15, 0.2) is 18.2 Å². The lowest BCUT2D eigenvalue weighted by atomic mass is 10.1. The molecule has 0 aliphatic heterocycles. The summed E-state index contributed by atoms with van der Waals surface area (Å²) in [4.78, 5) is 4.50. The van der Waals surface area contributed by atoms with Crippen LogP contribution in [0.5, 0.6) is 0 Å². The molecule has 1 N–H and O–H groups in total. The smallest absolute Gasteiger partial charge is 0.151 e. The molecule has 19 heavy (non-hydrogen) atoms. The van der Waals surface area contributed by atoms with Gasteiger partial charge in [-0.05, 0) is 45.7 Å². The van der Waals surface area contributed by atoms with Gasteiger partial charge in [0.1, 0.15) is 11.3 Å². The molecule has 0 saturated heterocycles. The van der Waals surface area contributed by atoms with Crippen molar-refractivity contribution < 1.29 is 4.39 Å². The topological polar surface area (TPSA) is 29.9 Å². The Morgan fingerprint density at radius 1 is 1.37 bits per heavy atom. The summed E-state index contributed by atoms with van der Waals surface area (Å²) in [6, 6.07) is 5.71. The summed E-state index contributed by atoms with van der Waals surface area (Å²) in [7, 11) is 0. The fraction of sp³-hybridized carbons (Fsp3) is 0.533. The van der Waals surface area contributed by atoms with Crippen molar-refractivity contribution in [1.82, 2.24) is 14.9 Å². The third-order valence-electron chi connectivity index (χ3n) is 3.43. The molecule has 1 heterocycles. The quantitative estimate of drug-likeness (QED) is 0.917. The van der Waals surface area contributed by atoms with E-state index in [1.54, 1.807) is 6.07 Å². The number of hydrogen-bond acceptors (Lipinski definition) is 2. The molecular formula is C15H20FN3. The Labute approximate surface area is 112 Å². The molecule has 0 unspecified atom stereocenters. The molecule has 0 atom stereocenters. The van der Waals surface area contributed by atoms with E-state index in [1.807, 2.05) is 6.07 Å². The SMILES string of the molecule is CC(C)(C)NCc1nc2c(F)cccc2n1C1CC1.